The highest BCUT2D eigenvalue weighted by molar-refractivity contribution is 7.07. The summed E-state index contributed by atoms with van der Waals surface area (Å²) >= 11 is 1.65. The van der Waals surface area contributed by atoms with E-state index in [4.69, 9.17) is 0 Å². The van der Waals surface area contributed by atoms with Gasteiger partial charge in [0.15, 0.2) is 0 Å². The SMILES string of the molecule is CC(NC(=O)c1cccc2c1CCCN2)c1ccsc1. The van der Waals surface area contributed by atoms with E-state index in [1.54, 1.807) is 11.3 Å². The quantitative estimate of drug-likeness (QED) is 0.905. The van der Waals surface area contributed by atoms with Gasteiger partial charge in [0, 0.05) is 17.8 Å². The number of rotatable bonds is 3. The molecule has 0 saturated carbocycles. The second-order valence-electron chi connectivity index (χ2n) is 5.11. The maximum atomic E-state index is 12.5. The van der Waals surface area contributed by atoms with E-state index in [2.05, 4.69) is 22.1 Å². The first-order valence-electron chi connectivity index (χ1n) is 6.94. The summed E-state index contributed by atoms with van der Waals surface area (Å²) in [4.78, 5) is 12.5. The molecule has 0 bridgehead atoms. The molecule has 1 aromatic heterocycles. The lowest BCUT2D eigenvalue weighted by molar-refractivity contribution is 0.0939. The number of thiophene rings is 1. The van der Waals surface area contributed by atoms with Gasteiger partial charge < -0.3 is 10.6 Å². The highest BCUT2D eigenvalue weighted by Crippen LogP contribution is 2.26. The summed E-state index contributed by atoms with van der Waals surface area (Å²) in [5, 5.41) is 10.6. The third-order valence-corrected chi connectivity index (χ3v) is 4.43. The van der Waals surface area contributed by atoms with E-state index < -0.39 is 0 Å². The van der Waals surface area contributed by atoms with Gasteiger partial charge in [0.05, 0.1) is 6.04 Å². The van der Waals surface area contributed by atoms with Crippen LogP contribution in [0.5, 0.6) is 0 Å². The van der Waals surface area contributed by atoms with Crippen molar-refractivity contribution in [3.63, 3.8) is 0 Å². The zero-order valence-corrected chi connectivity index (χ0v) is 12.3. The number of hydrogen-bond acceptors (Lipinski definition) is 3. The van der Waals surface area contributed by atoms with Gasteiger partial charge >= 0.3 is 0 Å². The molecule has 104 valence electrons. The van der Waals surface area contributed by atoms with Gasteiger partial charge in [-0.25, -0.2) is 0 Å². The van der Waals surface area contributed by atoms with Crippen LogP contribution in [-0.4, -0.2) is 12.5 Å². The standard InChI is InChI=1S/C16H18N2OS/c1-11(12-7-9-20-10-12)18-16(19)14-4-2-6-15-13(14)5-3-8-17-15/h2,4,6-7,9-11,17H,3,5,8H2,1H3,(H,18,19). The molecule has 0 saturated heterocycles. The molecule has 1 amide bonds. The van der Waals surface area contributed by atoms with E-state index in [0.29, 0.717) is 0 Å². The number of anilines is 1. The van der Waals surface area contributed by atoms with Gasteiger partial charge in [-0.1, -0.05) is 6.07 Å². The summed E-state index contributed by atoms with van der Waals surface area (Å²) in [6.45, 7) is 3.01. The fourth-order valence-electron chi connectivity index (χ4n) is 2.60. The number of amides is 1. The van der Waals surface area contributed by atoms with Crippen LogP contribution in [0.2, 0.25) is 0 Å². The van der Waals surface area contributed by atoms with Crippen molar-refractivity contribution in [2.24, 2.45) is 0 Å². The first-order chi connectivity index (χ1) is 9.75. The van der Waals surface area contributed by atoms with Crippen LogP contribution in [0, 0.1) is 0 Å². The smallest absolute Gasteiger partial charge is 0.252 e. The fraction of sp³-hybridized carbons (Fsp3) is 0.312. The lowest BCUT2D eigenvalue weighted by atomic mass is 9.97. The number of carbonyl (C=O) groups excluding carboxylic acids is 1. The molecule has 1 unspecified atom stereocenters. The third-order valence-electron chi connectivity index (χ3n) is 3.73. The number of hydrogen-bond donors (Lipinski definition) is 2. The van der Waals surface area contributed by atoms with Crippen molar-refractivity contribution >= 4 is 22.9 Å². The van der Waals surface area contributed by atoms with Crippen LogP contribution in [0.15, 0.2) is 35.0 Å². The van der Waals surface area contributed by atoms with E-state index in [9.17, 15) is 4.79 Å². The van der Waals surface area contributed by atoms with Gasteiger partial charge in [0.2, 0.25) is 0 Å². The summed E-state index contributed by atoms with van der Waals surface area (Å²) in [6, 6.07) is 8.01. The molecule has 1 aliphatic heterocycles. The van der Waals surface area contributed by atoms with Crippen LogP contribution in [-0.2, 0) is 6.42 Å². The fourth-order valence-corrected chi connectivity index (χ4v) is 3.36. The van der Waals surface area contributed by atoms with E-state index in [1.807, 2.05) is 30.5 Å². The van der Waals surface area contributed by atoms with Crippen LogP contribution >= 0.6 is 11.3 Å². The molecule has 0 spiro atoms. The van der Waals surface area contributed by atoms with Gasteiger partial charge in [0.25, 0.3) is 5.91 Å². The Morgan fingerprint density at radius 1 is 1.40 bits per heavy atom. The largest absolute Gasteiger partial charge is 0.385 e. The monoisotopic (exact) mass is 286 g/mol. The van der Waals surface area contributed by atoms with Crippen molar-refractivity contribution in [3.05, 3.63) is 51.7 Å². The normalized spacial score (nSPS) is 15.1. The van der Waals surface area contributed by atoms with E-state index in [1.165, 1.54) is 0 Å². The van der Waals surface area contributed by atoms with Crippen LogP contribution in [0.3, 0.4) is 0 Å². The van der Waals surface area contributed by atoms with Crippen LogP contribution < -0.4 is 10.6 Å². The van der Waals surface area contributed by atoms with Gasteiger partial charge in [-0.2, -0.15) is 11.3 Å². The van der Waals surface area contributed by atoms with Gasteiger partial charge in [-0.05, 0) is 59.9 Å². The van der Waals surface area contributed by atoms with Crippen molar-refractivity contribution in [2.75, 3.05) is 11.9 Å². The Balaban J connectivity index is 1.81. The van der Waals surface area contributed by atoms with E-state index in [-0.39, 0.29) is 11.9 Å². The summed E-state index contributed by atoms with van der Waals surface area (Å²) in [5.41, 5.74) is 4.21. The number of benzene rings is 1. The van der Waals surface area contributed by atoms with Crippen molar-refractivity contribution in [1.29, 1.82) is 0 Å². The zero-order valence-electron chi connectivity index (χ0n) is 11.5. The molecule has 20 heavy (non-hydrogen) atoms. The zero-order chi connectivity index (χ0) is 13.9. The average molecular weight is 286 g/mol. The number of carbonyl (C=O) groups is 1. The minimum Gasteiger partial charge on any atom is -0.385 e. The lowest BCUT2D eigenvalue weighted by Gasteiger charge is -2.21. The summed E-state index contributed by atoms with van der Waals surface area (Å²) in [6.07, 6.45) is 2.05. The number of nitrogens with one attached hydrogen (secondary N) is 2. The number of fused-ring (bicyclic) bond motifs is 1. The molecule has 0 aliphatic carbocycles. The summed E-state index contributed by atoms with van der Waals surface area (Å²) < 4.78 is 0. The second-order valence-corrected chi connectivity index (χ2v) is 5.89. The molecule has 1 aliphatic rings. The highest BCUT2D eigenvalue weighted by Gasteiger charge is 2.18. The predicted octanol–water partition coefficient (Wildman–Crippen LogP) is 3.60. The molecular weight excluding hydrogens is 268 g/mol. The van der Waals surface area contributed by atoms with Crippen molar-refractivity contribution in [3.8, 4) is 0 Å². The minimum absolute atomic E-state index is 0.0178. The Bertz CT molecular complexity index is 607. The molecule has 4 heteroatoms. The van der Waals surface area contributed by atoms with Gasteiger partial charge in [0.1, 0.15) is 0 Å². The van der Waals surface area contributed by atoms with E-state index in [0.717, 1.165) is 41.8 Å². The maximum absolute atomic E-state index is 12.5. The van der Waals surface area contributed by atoms with Gasteiger partial charge in [-0.3, -0.25) is 4.79 Å². The Hall–Kier alpha value is -1.81. The maximum Gasteiger partial charge on any atom is 0.252 e. The summed E-state index contributed by atoms with van der Waals surface area (Å²) in [7, 11) is 0. The predicted molar refractivity (Wildman–Crippen MR) is 83.5 cm³/mol. The van der Waals surface area contributed by atoms with Gasteiger partial charge in [-0.15, -0.1) is 0 Å². The average Bonchev–Trinajstić information content (AvgIpc) is 3.01. The second kappa shape index (κ2) is 5.67. The van der Waals surface area contributed by atoms with Crippen molar-refractivity contribution < 1.29 is 4.79 Å². The topological polar surface area (TPSA) is 41.1 Å². The van der Waals surface area contributed by atoms with E-state index >= 15 is 0 Å². The molecule has 0 radical (unpaired) electrons. The molecule has 3 nitrogen and oxygen atoms in total. The Morgan fingerprint density at radius 2 is 2.30 bits per heavy atom. The molecule has 1 atom stereocenters. The van der Waals surface area contributed by atoms with Crippen molar-refractivity contribution in [1.82, 2.24) is 5.32 Å². The first kappa shape index (κ1) is 13.2. The molecular formula is C16H18N2OS. The van der Waals surface area contributed by atoms with Crippen LogP contribution in [0.1, 0.15) is 40.9 Å². The molecule has 0 fully saturated rings. The minimum atomic E-state index is 0.0178. The summed E-state index contributed by atoms with van der Waals surface area (Å²) in [5.74, 6) is 0.0178. The Kier molecular flexibility index (Phi) is 3.74. The molecule has 3 rings (SSSR count). The van der Waals surface area contributed by atoms with Crippen LogP contribution in [0.25, 0.3) is 0 Å². The lowest BCUT2D eigenvalue weighted by Crippen LogP contribution is -2.28. The van der Waals surface area contributed by atoms with Crippen molar-refractivity contribution in [2.45, 2.75) is 25.8 Å². The highest BCUT2D eigenvalue weighted by atomic mass is 32.1. The molecule has 1 aromatic carbocycles. The third kappa shape index (κ3) is 2.56. The molecule has 2 aromatic rings. The Morgan fingerprint density at radius 3 is 3.10 bits per heavy atom. The molecule has 2 heterocycles. The Labute approximate surface area is 123 Å². The molecule has 2 N–H and O–H groups in total. The van der Waals surface area contributed by atoms with Crippen LogP contribution in [0.4, 0.5) is 5.69 Å². The first-order valence-corrected chi connectivity index (χ1v) is 7.88.